The van der Waals surface area contributed by atoms with Crippen LogP contribution in [0.25, 0.3) is 0 Å². The quantitative estimate of drug-likeness (QED) is 0.926. The molecule has 1 amide bonds. The molecule has 1 aromatic heterocycles. The predicted molar refractivity (Wildman–Crippen MR) is 77.5 cm³/mol. The number of aromatic nitrogens is 2. The molecule has 2 aliphatic rings. The lowest BCUT2D eigenvalue weighted by Crippen LogP contribution is -2.55. The minimum atomic E-state index is -2.83. The second kappa shape index (κ2) is 5.30. The largest absolute Gasteiger partial charge is 0.342 e. The molecule has 1 atom stereocenters. The average molecular weight is 312 g/mol. The summed E-state index contributed by atoms with van der Waals surface area (Å²) in [6.45, 7) is 5.38. The number of piperidine rings is 1. The van der Waals surface area contributed by atoms with Gasteiger partial charge in [0.15, 0.2) is 0 Å². The highest BCUT2D eigenvalue weighted by molar-refractivity contribution is 5.85. The zero-order valence-corrected chi connectivity index (χ0v) is 13.0. The van der Waals surface area contributed by atoms with Crippen LogP contribution in [0.3, 0.4) is 0 Å². The smallest absolute Gasteiger partial charge is 0.261 e. The molecule has 2 aliphatic heterocycles. The fourth-order valence-electron chi connectivity index (χ4n) is 3.82. The van der Waals surface area contributed by atoms with E-state index in [-0.39, 0.29) is 18.9 Å². The zero-order valence-electron chi connectivity index (χ0n) is 13.0. The maximum absolute atomic E-state index is 14.2. The van der Waals surface area contributed by atoms with Crippen LogP contribution in [0.1, 0.15) is 31.2 Å². The maximum Gasteiger partial charge on any atom is 0.261 e. The first-order valence-corrected chi connectivity index (χ1v) is 7.74. The van der Waals surface area contributed by atoms with Crippen LogP contribution < -0.4 is 0 Å². The molecule has 0 unspecified atom stereocenters. The number of carbonyl (C=O) groups is 1. The van der Waals surface area contributed by atoms with E-state index in [0.29, 0.717) is 32.6 Å². The third-order valence-electron chi connectivity index (χ3n) is 4.71. The molecule has 1 N–H and O–H groups in total. The standard InChI is InChI=1S/C15H22F2N4O/c1-3-21-5-4-14(13(21)22)8-15(16,17)10-20(9-14)7-12-6-11(2)18-19-12/h6H,3-5,7-10H2,1-2H3,(H,18,19)/t14-/m1/s1. The number of H-pyrrole nitrogens is 1. The van der Waals surface area contributed by atoms with Crippen molar-refractivity contribution in [1.29, 1.82) is 0 Å². The monoisotopic (exact) mass is 312 g/mol. The number of aryl methyl sites for hydroxylation is 1. The first-order valence-electron chi connectivity index (χ1n) is 7.74. The van der Waals surface area contributed by atoms with Gasteiger partial charge in [-0.2, -0.15) is 5.10 Å². The van der Waals surface area contributed by atoms with E-state index >= 15 is 0 Å². The summed E-state index contributed by atoms with van der Waals surface area (Å²) in [5.41, 5.74) is 0.717. The van der Waals surface area contributed by atoms with Crippen molar-refractivity contribution in [2.24, 2.45) is 5.41 Å². The normalized spacial score (nSPS) is 28.7. The number of carbonyl (C=O) groups excluding carboxylic acids is 1. The van der Waals surface area contributed by atoms with Crippen LogP contribution in [0.5, 0.6) is 0 Å². The number of amides is 1. The molecular weight excluding hydrogens is 290 g/mol. The van der Waals surface area contributed by atoms with Crippen LogP contribution in [0.4, 0.5) is 8.78 Å². The van der Waals surface area contributed by atoms with E-state index in [4.69, 9.17) is 0 Å². The molecule has 0 aromatic carbocycles. The van der Waals surface area contributed by atoms with E-state index in [1.807, 2.05) is 19.9 Å². The second-order valence-electron chi connectivity index (χ2n) is 6.64. The maximum atomic E-state index is 14.2. The summed E-state index contributed by atoms with van der Waals surface area (Å²) in [7, 11) is 0. The summed E-state index contributed by atoms with van der Waals surface area (Å²) in [6.07, 6.45) is 0.191. The van der Waals surface area contributed by atoms with E-state index in [1.54, 1.807) is 9.80 Å². The minimum Gasteiger partial charge on any atom is -0.342 e. The third kappa shape index (κ3) is 2.74. The molecule has 0 aliphatic carbocycles. The molecule has 7 heteroatoms. The summed E-state index contributed by atoms with van der Waals surface area (Å²) in [6, 6.07) is 1.86. The highest BCUT2D eigenvalue weighted by Crippen LogP contribution is 2.45. The molecule has 2 saturated heterocycles. The van der Waals surface area contributed by atoms with Gasteiger partial charge in [0.25, 0.3) is 5.92 Å². The zero-order chi connectivity index (χ0) is 16.0. The van der Waals surface area contributed by atoms with Crippen molar-refractivity contribution in [3.8, 4) is 0 Å². The Morgan fingerprint density at radius 1 is 1.41 bits per heavy atom. The highest BCUT2D eigenvalue weighted by Gasteiger charge is 2.56. The second-order valence-corrected chi connectivity index (χ2v) is 6.64. The van der Waals surface area contributed by atoms with Crippen molar-refractivity contribution in [2.75, 3.05) is 26.2 Å². The number of halogens is 2. The molecule has 5 nitrogen and oxygen atoms in total. The van der Waals surface area contributed by atoms with E-state index in [9.17, 15) is 13.6 Å². The predicted octanol–water partition coefficient (Wildman–Crippen LogP) is 1.80. The van der Waals surface area contributed by atoms with Gasteiger partial charge in [0, 0.05) is 38.3 Å². The minimum absolute atomic E-state index is 0.113. The van der Waals surface area contributed by atoms with Crippen molar-refractivity contribution >= 4 is 5.91 Å². The lowest BCUT2D eigenvalue weighted by atomic mass is 9.77. The number of nitrogens with one attached hydrogen (secondary N) is 1. The Kier molecular flexibility index (Phi) is 3.71. The van der Waals surface area contributed by atoms with Gasteiger partial charge in [0.05, 0.1) is 17.7 Å². The van der Waals surface area contributed by atoms with E-state index in [2.05, 4.69) is 10.2 Å². The molecule has 1 spiro atoms. The summed E-state index contributed by atoms with van der Waals surface area (Å²) in [5, 5.41) is 6.94. The van der Waals surface area contributed by atoms with Crippen molar-refractivity contribution in [1.82, 2.24) is 20.0 Å². The molecular formula is C15H22F2N4O. The van der Waals surface area contributed by atoms with Gasteiger partial charge in [-0.15, -0.1) is 0 Å². The van der Waals surface area contributed by atoms with Crippen LogP contribution in [0, 0.1) is 12.3 Å². The van der Waals surface area contributed by atoms with Crippen LogP contribution in [0.2, 0.25) is 0 Å². The summed E-state index contributed by atoms with van der Waals surface area (Å²) in [5.74, 6) is -2.94. The number of nitrogens with zero attached hydrogens (tertiary/aromatic N) is 3. The Morgan fingerprint density at radius 3 is 2.77 bits per heavy atom. The molecule has 0 saturated carbocycles. The van der Waals surface area contributed by atoms with E-state index < -0.39 is 11.3 Å². The van der Waals surface area contributed by atoms with Crippen molar-refractivity contribution < 1.29 is 13.6 Å². The van der Waals surface area contributed by atoms with Gasteiger partial charge in [-0.1, -0.05) is 0 Å². The Balaban J connectivity index is 1.80. The Labute approximate surface area is 128 Å². The summed E-state index contributed by atoms with van der Waals surface area (Å²) >= 11 is 0. The van der Waals surface area contributed by atoms with Gasteiger partial charge < -0.3 is 4.90 Å². The third-order valence-corrected chi connectivity index (χ3v) is 4.71. The molecule has 1 aromatic rings. The summed E-state index contributed by atoms with van der Waals surface area (Å²) < 4.78 is 28.4. The van der Waals surface area contributed by atoms with Gasteiger partial charge in [0.2, 0.25) is 5.91 Å². The summed E-state index contributed by atoms with van der Waals surface area (Å²) in [4.78, 5) is 15.9. The fourth-order valence-corrected chi connectivity index (χ4v) is 3.82. The van der Waals surface area contributed by atoms with E-state index in [1.165, 1.54) is 0 Å². The molecule has 2 fully saturated rings. The number of likely N-dealkylation sites (tertiary alicyclic amines) is 2. The van der Waals surface area contributed by atoms with Crippen LogP contribution in [-0.2, 0) is 11.3 Å². The molecule has 22 heavy (non-hydrogen) atoms. The molecule has 122 valence electrons. The van der Waals surface area contributed by atoms with Gasteiger partial charge in [0.1, 0.15) is 0 Å². The van der Waals surface area contributed by atoms with Gasteiger partial charge >= 0.3 is 0 Å². The van der Waals surface area contributed by atoms with Crippen LogP contribution in [-0.4, -0.2) is 58.0 Å². The van der Waals surface area contributed by atoms with Crippen molar-refractivity contribution in [3.63, 3.8) is 0 Å². The Morgan fingerprint density at radius 2 is 2.18 bits per heavy atom. The first-order chi connectivity index (χ1) is 10.3. The molecule has 0 bridgehead atoms. The Bertz CT molecular complexity index is 574. The van der Waals surface area contributed by atoms with Crippen molar-refractivity contribution in [3.05, 3.63) is 17.5 Å². The van der Waals surface area contributed by atoms with Crippen molar-refractivity contribution in [2.45, 2.75) is 39.2 Å². The highest BCUT2D eigenvalue weighted by atomic mass is 19.3. The molecule has 0 radical (unpaired) electrons. The average Bonchev–Trinajstić information content (AvgIpc) is 2.94. The van der Waals surface area contributed by atoms with Crippen LogP contribution in [0.15, 0.2) is 6.07 Å². The fraction of sp³-hybridized carbons (Fsp3) is 0.733. The van der Waals surface area contributed by atoms with Gasteiger partial charge in [-0.05, 0) is 26.3 Å². The van der Waals surface area contributed by atoms with Gasteiger partial charge in [-0.3, -0.25) is 14.8 Å². The van der Waals surface area contributed by atoms with Crippen LogP contribution >= 0.6 is 0 Å². The lowest BCUT2D eigenvalue weighted by Gasteiger charge is -2.42. The lowest BCUT2D eigenvalue weighted by molar-refractivity contribution is -0.155. The Hall–Kier alpha value is -1.50. The number of aromatic amines is 1. The molecule has 3 heterocycles. The SMILES string of the molecule is CCN1CC[C@@]2(CN(Cc3cc(C)[nH]n3)CC(F)(F)C2)C1=O. The number of rotatable bonds is 3. The molecule has 3 rings (SSSR count). The number of hydrogen-bond donors (Lipinski definition) is 1. The van der Waals surface area contributed by atoms with E-state index in [0.717, 1.165) is 11.4 Å². The topological polar surface area (TPSA) is 52.2 Å². The number of hydrogen-bond acceptors (Lipinski definition) is 3. The number of alkyl halides is 2. The van der Waals surface area contributed by atoms with Gasteiger partial charge in [-0.25, -0.2) is 8.78 Å². The first kappa shape index (κ1) is 15.4.